The van der Waals surface area contributed by atoms with Gasteiger partial charge in [0.2, 0.25) is 0 Å². The Hall–Kier alpha value is -0.570. The smallest absolute Gasteiger partial charge is 0.195 e. The molecule has 11 heavy (non-hydrogen) atoms. The van der Waals surface area contributed by atoms with Gasteiger partial charge in [0.15, 0.2) is 9.84 Å². The van der Waals surface area contributed by atoms with Gasteiger partial charge in [-0.05, 0) is 25.7 Å². The number of hydrogen-bond acceptors (Lipinski definition) is 2. The summed E-state index contributed by atoms with van der Waals surface area (Å²) in [5.74, 6) is 0. The van der Waals surface area contributed by atoms with Crippen LogP contribution in [-0.4, -0.2) is 8.42 Å². The molecule has 3 heteroatoms. The minimum Gasteiger partial charge on any atom is -0.220 e. The molecule has 0 saturated carbocycles. The standard InChI is InChI=1S/C8H12O2S/c1-2-11(9,10)8-6-4-3-5-7-8/h2,6H,1,3-5,7H2. The van der Waals surface area contributed by atoms with E-state index < -0.39 is 9.84 Å². The van der Waals surface area contributed by atoms with Gasteiger partial charge in [-0.1, -0.05) is 12.7 Å². The van der Waals surface area contributed by atoms with Crippen LogP contribution in [0.5, 0.6) is 0 Å². The van der Waals surface area contributed by atoms with E-state index in [1.165, 1.54) is 0 Å². The molecular formula is C8H12O2S. The Morgan fingerprint density at radius 3 is 2.64 bits per heavy atom. The van der Waals surface area contributed by atoms with Crippen molar-refractivity contribution in [3.05, 3.63) is 23.0 Å². The van der Waals surface area contributed by atoms with Crippen LogP contribution >= 0.6 is 0 Å². The second kappa shape index (κ2) is 3.22. The third kappa shape index (κ3) is 1.93. The largest absolute Gasteiger partial charge is 0.220 e. The second-order valence-corrected chi connectivity index (χ2v) is 4.58. The van der Waals surface area contributed by atoms with Gasteiger partial charge in [-0.25, -0.2) is 8.42 Å². The average molecular weight is 172 g/mol. The SMILES string of the molecule is C=CS(=O)(=O)C1=CCCCC1. The Bertz CT molecular complexity index is 272. The van der Waals surface area contributed by atoms with E-state index in [0.717, 1.165) is 24.7 Å². The van der Waals surface area contributed by atoms with Crippen LogP contribution in [0, 0.1) is 0 Å². The summed E-state index contributed by atoms with van der Waals surface area (Å²) in [5, 5.41) is 1.03. The fourth-order valence-corrected chi connectivity index (χ4v) is 2.17. The molecule has 62 valence electrons. The van der Waals surface area contributed by atoms with Crippen molar-refractivity contribution in [2.45, 2.75) is 25.7 Å². The highest BCUT2D eigenvalue weighted by molar-refractivity contribution is 7.98. The van der Waals surface area contributed by atoms with Gasteiger partial charge in [-0.2, -0.15) is 0 Å². The molecule has 1 aliphatic carbocycles. The molecule has 0 radical (unpaired) electrons. The maximum absolute atomic E-state index is 11.2. The van der Waals surface area contributed by atoms with Crippen LogP contribution in [0.3, 0.4) is 0 Å². The summed E-state index contributed by atoms with van der Waals surface area (Å²) in [4.78, 5) is 0.554. The van der Waals surface area contributed by atoms with Crippen molar-refractivity contribution in [2.75, 3.05) is 0 Å². The van der Waals surface area contributed by atoms with Gasteiger partial charge in [0, 0.05) is 10.3 Å². The first kappa shape index (κ1) is 8.53. The molecule has 0 aliphatic heterocycles. The lowest BCUT2D eigenvalue weighted by Gasteiger charge is -2.09. The maximum Gasteiger partial charge on any atom is 0.195 e. The maximum atomic E-state index is 11.2. The number of hydrogen-bond donors (Lipinski definition) is 0. The summed E-state index contributed by atoms with van der Waals surface area (Å²) < 4.78 is 22.3. The van der Waals surface area contributed by atoms with Crippen molar-refractivity contribution in [1.82, 2.24) is 0 Å². The van der Waals surface area contributed by atoms with Gasteiger partial charge >= 0.3 is 0 Å². The lowest BCUT2D eigenvalue weighted by Crippen LogP contribution is -2.02. The fraction of sp³-hybridized carbons (Fsp3) is 0.500. The summed E-state index contributed by atoms with van der Waals surface area (Å²) >= 11 is 0. The number of rotatable bonds is 2. The molecule has 0 aromatic heterocycles. The molecule has 0 heterocycles. The lowest BCUT2D eigenvalue weighted by atomic mass is 10.1. The Labute approximate surface area is 67.5 Å². The van der Waals surface area contributed by atoms with Gasteiger partial charge in [0.1, 0.15) is 0 Å². The first-order valence-electron chi connectivity index (χ1n) is 3.73. The normalized spacial score (nSPS) is 19.1. The molecule has 2 nitrogen and oxygen atoms in total. The van der Waals surface area contributed by atoms with Crippen LogP contribution in [-0.2, 0) is 9.84 Å². The molecule has 0 aromatic rings. The average Bonchev–Trinajstić information content (AvgIpc) is 2.06. The lowest BCUT2D eigenvalue weighted by molar-refractivity contribution is 0.603. The highest BCUT2D eigenvalue weighted by Gasteiger charge is 2.14. The molecule has 0 saturated heterocycles. The molecule has 0 spiro atoms. The first-order valence-corrected chi connectivity index (χ1v) is 5.28. The van der Waals surface area contributed by atoms with Crippen LogP contribution < -0.4 is 0 Å². The van der Waals surface area contributed by atoms with Gasteiger partial charge < -0.3 is 0 Å². The Morgan fingerprint density at radius 1 is 1.45 bits per heavy atom. The van der Waals surface area contributed by atoms with Gasteiger partial charge in [0.05, 0.1) is 0 Å². The van der Waals surface area contributed by atoms with E-state index in [9.17, 15) is 8.42 Å². The van der Waals surface area contributed by atoms with Crippen molar-refractivity contribution >= 4 is 9.84 Å². The van der Waals surface area contributed by atoms with E-state index in [2.05, 4.69) is 6.58 Å². The summed E-state index contributed by atoms with van der Waals surface area (Å²) in [7, 11) is -3.10. The van der Waals surface area contributed by atoms with Gasteiger partial charge in [0.25, 0.3) is 0 Å². The zero-order valence-electron chi connectivity index (χ0n) is 6.41. The highest BCUT2D eigenvalue weighted by Crippen LogP contribution is 2.22. The Balaban J connectivity index is 2.90. The molecule has 0 aromatic carbocycles. The Kier molecular flexibility index (Phi) is 2.49. The minimum absolute atomic E-state index is 0.554. The van der Waals surface area contributed by atoms with E-state index in [-0.39, 0.29) is 0 Å². The molecule has 0 N–H and O–H groups in total. The van der Waals surface area contributed by atoms with E-state index in [1.807, 2.05) is 0 Å². The zero-order chi connectivity index (χ0) is 8.32. The van der Waals surface area contributed by atoms with E-state index >= 15 is 0 Å². The van der Waals surface area contributed by atoms with Crippen molar-refractivity contribution in [2.24, 2.45) is 0 Å². The third-order valence-corrected chi connectivity index (χ3v) is 3.37. The second-order valence-electron chi connectivity index (χ2n) is 2.63. The van der Waals surface area contributed by atoms with E-state index in [4.69, 9.17) is 0 Å². The predicted octanol–water partition coefficient (Wildman–Crippen LogP) is 2.00. The summed E-state index contributed by atoms with van der Waals surface area (Å²) in [6.07, 6.45) is 5.48. The van der Waals surface area contributed by atoms with Gasteiger partial charge in [-0.15, -0.1) is 0 Å². The van der Waals surface area contributed by atoms with Crippen LogP contribution in [0.4, 0.5) is 0 Å². The molecule has 0 amide bonds. The van der Waals surface area contributed by atoms with Crippen LogP contribution in [0.25, 0.3) is 0 Å². The van der Waals surface area contributed by atoms with Crippen molar-refractivity contribution in [3.8, 4) is 0 Å². The summed E-state index contributed by atoms with van der Waals surface area (Å²) in [6.45, 7) is 3.28. The number of sulfone groups is 1. The molecule has 0 fully saturated rings. The topological polar surface area (TPSA) is 34.1 Å². The molecular weight excluding hydrogens is 160 g/mol. The zero-order valence-corrected chi connectivity index (χ0v) is 7.23. The predicted molar refractivity (Wildman–Crippen MR) is 45.7 cm³/mol. The van der Waals surface area contributed by atoms with Gasteiger partial charge in [-0.3, -0.25) is 0 Å². The molecule has 1 aliphatic rings. The van der Waals surface area contributed by atoms with Crippen LogP contribution in [0.1, 0.15) is 25.7 Å². The fourth-order valence-electron chi connectivity index (χ4n) is 1.17. The van der Waals surface area contributed by atoms with Crippen molar-refractivity contribution in [1.29, 1.82) is 0 Å². The molecule has 0 bridgehead atoms. The minimum atomic E-state index is -3.10. The van der Waals surface area contributed by atoms with E-state index in [0.29, 0.717) is 11.3 Å². The third-order valence-electron chi connectivity index (χ3n) is 1.83. The first-order chi connectivity index (χ1) is 5.17. The van der Waals surface area contributed by atoms with Crippen LogP contribution in [0.15, 0.2) is 23.0 Å². The molecule has 0 atom stereocenters. The summed E-state index contributed by atoms with van der Waals surface area (Å²) in [5.41, 5.74) is 0. The Morgan fingerprint density at radius 2 is 2.18 bits per heavy atom. The molecule has 0 unspecified atom stereocenters. The highest BCUT2D eigenvalue weighted by atomic mass is 32.2. The quantitative estimate of drug-likeness (QED) is 0.638. The van der Waals surface area contributed by atoms with E-state index in [1.54, 1.807) is 6.08 Å². The molecule has 1 rings (SSSR count). The van der Waals surface area contributed by atoms with Crippen molar-refractivity contribution < 1.29 is 8.42 Å². The number of allylic oxidation sites excluding steroid dienone is 2. The van der Waals surface area contributed by atoms with Crippen molar-refractivity contribution in [3.63, 3.8) is 0 Å². The van der Waals surface area contributed by atoms with Crippen LogP contribution in [0.2, 0.25) is 0 Å². The summed E-state index contributed by atoms with van der Waals surface area (Å²) in [6, 6.07) is 0. The monoisotopic (exact) mass is 172 g/mol.